The Labute approximate surface area is 130 Å². The van der Waals surface area contributed by atoms with Crippen molar-refractivity contribution < 1.29 is 4.74 Å². The van der Waals surface area contributed by atoms with E-state index in [1.54, 1.807) is 0 Å². The lowest BCUT2D eigenvalue weighted by Crippen LogP contribution is -2.48. The molecular formula is C18H34N2O. The van der Waals surface area contributed by atoms with Crippen molar-refractivity contribution in [3.63, 3.8) is 0 Å². The summed E-state index contributed by atoms with van der Waals surface area (Å²) in [4.78, 5) is 0. The molecule has 1 heterocycles. The summed E-state index contributed by atoms with van der Waals surface area (Å²) < 4.78 is 6.18. The van der Waals surface area contributed by atoms with E-state index in [4.69, 9.17) is 10.6 Å². The van der Waals surface area contributed by atoms with E-state index in [0.29, 0.717) is 6.04 Å². The lowest BCUT2D eigenvalue weighted by Gasteiger charge is -2.41. The molecule has 122 valence electrons. The molecule has 0 aromatic rings. The van der Waals surface area contributed by atoms with Gasteiger partial charge in [0.2, 0.25) is 0 Å². The van der Waals surface area contributed by atoms with Crippen LogP contribution >= 0.6 is 0 Å². The zero-order valence-corrected chi connectivity index (χ0v) is 13.6. The van der Waals surface area contributed by atoms with Gasteiger partial charge in [0, 0.05) is 12.6 Å². The van der Waals surface area contributed by atoms with Crippen LogP contribution in [0.15, 0.2) is 0 Å². The van der Waals surface area contributed by atoms with Gasteiger partial charge in [-0.05, 0) is 50.4 Å². The summed E-state index contributed by atoms with van der Waals surface area (Å²) in [5.74, 6) is 7.61. The molecule has 3 N–H and O–H groups in total. The van der Waals surface area contributed by atoms with Crippen molar-refractivity contribution in [2.24, 2.45) is 17.7 Å². The van der Waals surface area contributed by atoms with E-state index in [1.165, 1.54) is 83.5 Å². The molecule has 3 nitrogen and oxygen atoms in total. The van der Waals surface area contributed by atoms with Crippen LogP contribution in [0.3, 0.4) is 0 Å². The van der Waals surface area contributed by atoms with Crippen molar-refractivity contribution in [1.82, 2.24) is 5.43 Å². The van der Waals surface area contributed by atoms with E-state index in [0.717, 1.165) is 18.4 Å². The Kier molecular flexibility index (Phi) is 5.58. The van der Waals surface area contributed by atoms with Crippen molar-refractivity contribution in [3.05, 3.63) is 0 Å². The molecule has 2 aliphatic carbocycles. The van der Waals surface area contributed by atoms with Gasteiger partial charge in [0.05, 0.1) is 5.60 Å². The topological polar surface area (TPSA) is 47.3 Å². The lowest BCUT2D eigenvalue weighted by atomic mass is 9.77. The summed E-state index contributed by atoms with van der Waals surface area (Å²) in [6, 6.07) is 0.508. The second-order valence-electron chi connectivity index (χ2n) is 7.85. The fraction of sp³-hybridized carbons (Fsp3) is 1.00. The maximum atomic E-state index is 6.18. The minimum Gasteiger partial charge on any atom is -0.375 e. The number of hydrazine groups is 1. The highest BCUT2D eigenvalue weighted by Gasteiger charge is 2.41. The van der Waals surface area contributed by atoms with Crippen molar-refractivity contribution in [2.45, 2.75) is 95.1 Å². The second-order valence-corrected chi connectivity index (χ2v) is 7.85. The third-order valence-electron chi connectivity index (χ3n) is 6.44. The van der Waals surface area contributed by atoms with Gasteiger partial charge in [-0.25, -0.2) is 0 Å². The molecule has 1 aliphatic heterocycles. The van der Waals surface area contributed by atoms with Crippen LogP contribution in [0.1, 0.15) is 83.5 Å². The summed E-state index contributed by atoms with van der Waals surface area (Å²) in [7, 11) is 0. The summed E-state index contributed by atoms with van der Waals surface area (Å²) in [6.45, 7) is 0.951. The highest BCUT2D eigenvalue weighted by molar-refractivity contribution is 4.94. The number of nitrogens with two attached hydrogens (primary N) is 1. The fourth-order valence-corrected chi connectivity index (χ4v) is 5.12. The normalized spacial score (nSPS) is 31.6. The highest BCUT2D eigenvalue weighted by atomic mass is 16.5. The van der Waals surface area contributed by atoms with Gasteiger partial charge in [-0.3, -0.25) is 11.3 Å². The molecule has 1 saturated heterocycles. The van der Waals surface area contributed by atoms with Crippen molar-refractivity contribution in [1.29, 1.82) is 0 Å². The molecule has 0 aromatic carbocycles. The van der Waals surface area contributed by atoms with E-state index < -0.39 is 0 Å². The average molecular weight is 294 g/mol. The van der Waals surface area contributed by atoms with Crippen LogP contribution in [0, 0.1) is 11.8 Å². The molecule has 21 heavy (non-hydrogen) atoms. The van der Waals surface area contributed by atoms with Gasteiger partial charge < -0.3 is 4.74 Å². The Balaban J connectivity index is 1.50. The second kappa shape index (κ2) is 7.43. The van der Waals surface area contributed by atoms with Gasteiger partial charge in [0.25, 0.3) is 0 Å². The molecule has 1 spiro atoms. The minimum absolute atomic E-state index is 0.225. The molecule has 0 radical (unpaired) electrons. The summed E-state index contributed by atoms with van der Waals surface area (Å²) in [5, 5.41) is 0. The number of ether oxygens (including phenoxy) is 1. The number of rotatable bonds is 5. The monoisotopic (exact) mass is 294 g/mol. The van der Waals surface area contributed by atoms with E-state index >= 15 is 0 Å². The maximum Gasteiger partial charge on any atom is 0.0685 e. The summed E-state index contributed by atoms with van der Waals surface area (Å²) in [5.41, 5.74) is 3.39. The van der Waals surface area contributed by atoms with Crippen molar-refractivity contribution in [3.8, 4) is 0 Å². The van der Waals surface area contributed by atoms with Crippen LogP contribution in [-0.2, 0) is 4.74 Å². The largest absolute Gasteiger partial charge is 0.375 e. The van der Waals surface area contributed by atoms with Crippen LogP contribution in [-0.4, -0.2) is 18.2 Å². The number of nitrogens with one attached hydrogen (secondary N) is 1. The van der Waals surface area contributed by atoms with Crippen LogP contribution in [0.4, 0.5) is 0 Å². The van der Waals surface area contributed by atoms with Crippen LogP contribution in [0.2, 0.25) is 0 Å². The maximum absolute atomic E-state index is 6.18. The van der Waals surface area contributed by atoms with E-state index in [9.17, 15) is 0 Å². The number of hydrogen-bond acceptors (Lipinski definition) is 3. The zero-order valence-electron chi connectivity index (χ0n) is 13.6. The predicted octanol–water partition coefficient (Wildman–Crippen LogP) is 3.92. The van der Waals surface area contributed by atoms with Gasteiger partial charge in [-0.2, -0.15) is 0 Å². The van der Waals surface area contributed by atoms with Crippen molar-refractivity contribution >= 4 is 0 Å². The third kappa shape index (κ3) is 4.00. The summed E-state index contributed by atoms with van der Waals surface area (Å²) >= 11 is 0. The smallest absolute Gasteiger partial charge is 0.0685 e. The SMILES string of the molecule is NNC(CCC1CCCCC1)C1CCOC2(CCCC2)C1. The first-order chi connectivity index (χ1) is 10.3. The van der Waals surface area contributed by atoms with Gasteiger partial charge in [0.15, 0.2) is 0 Å². The van der Waals surface area contributed by atoms with Crippen LogP contribution in [0.25, 0.3) is 0 Å². The van der Waals surface area contributed by atoms with Gasteiger partial charge in [0.1, 0.15) is 0 Å². The minimum atomic E-state index is 0.225. The Morgan fingerprint density at radius 1 is 1.05 bits per heavy atom. The molecule has 3 heteroatoms. The molecule has 3 fully saturated rings. The average Bonchev–Trinajstić information content (AvgIpc) is 2.97. The zero-order chi connectivity index (χ0) is 14.5. The summed E-state index contributed by atoms with van der Waals surface area (Å²) in [6.07, 6.45) is 17.6. The first-order valence-corrected chi connectivity index (χ1v) is 9.41. The molecular weight excluding hydrogens is 260 g/mol. The first kappa shape index (κ1) is 15.8. The standard InChI is InChI=1S/C18H34N2O/c19-20-17(9-8-15-6-2-1-3-7-15)16-10-13-21-18(14-16)11-4-5-12-18/h15-17,20H,1-14,19H2. The molecule has 0 bridgehead atoms. The van der Waals surface area contributed by atoms with Crippen LogP contribution in [0.5, 0.6) is 0 Å². The predicted molar refractivity (Wildman–Crippen MR) is 86.8 cm³/mol. The van der Waals surface area contributed by atoms with Gasteiger partial charge >= 0.3 is 0 Å². The van der Waals surface area contributed by atoms with E-state index in [-0.39, 0.29) is 5.60 Å². The van der Waals surface area contributed by atoms with Gasteiger partial charge in [-0.15, -0.1) is 0 Å². The molecule has 2 saturated carbocycles. The molecule has 3 aliphatic rings. The van der Waals surface area contributed by atoms with E-state index in [2.05, 4.69) is 5.43 Å². The first-order valence-electron chi connectivity index (χ1n) is 9.41. The molecule has 0 amide bonds. The highest BCUT2D eigenvalue weighted by Crippen LogP contribution is 2.43. The fourth-order valence-electron chi connectivity index (χ4n) is 5.12. The molecule has 0 aromatic heterocycles. The van der Waals surface area contributed by atoms with Gasteiger partial charge in [-0.1, -0.05) is 44.9 Å². The third-order valence-corrected chi connectivity index (χ3v) is 6.44. The molecule has 2 atom stereocenters. The number of hydrogen-bond donors (Lipinski definition) is 2. The lowest BCUT2D eigenvalue weighted by molar-refractivity contribution is -0.0985. The Morgan fingerprint density at radius 2 is 1.81 bits per heavy atom. The molecule has 3 rings (SSSR count). The Morgan fingerprint density at radius 3 is 2.52 bits per heavy atom. The molecule has 2 unspecified atom stereocenters. The quantitative estimate of drug-likeness (QED) is 0.597. The van der Waals surface area contributed by atoms with Crippen LogP contribution < -0.4 is 11.3 Å². The van der Waals surface area contributed by atoms with Crippen molar-refractivity contribution in [2.75, 3.05) is 6.61 Å². The van der Waals surface area contributed by atoms with E-state index in [1.807, 2.05) is 0 Å². The Hall–Kier alpha value is -0.120. The Bertz CT molecular complexity index is 308.